The first kappa shape index (κ1) is 57.4. The molecule has 0 saturated carbocycles. The molecule has 2 aliphatic rings. The molecule has 5 aromatic carbocycles. The predicted octanol–water partition coefficient (Wildman–Crippen LogP) is 20.9. The standard InChI is InChI=1S/C72H90O4S2/c1-9-17-21-51(13-5)47-73-59-33-25-55(26-34-59)71(56-27-35-60(36-28-56)74-48-52(14-6)22-18-10-2)67-45-66-64-42-44-78-70(64)72(68(66)46-65(67)63-41-43-77-69(63)71,57-29-37-61(38-30-57)75-49-53(15-7)23-19-11-3)58-31-39-62(40-32-58)76-50-54(16-8)24-20-12-4/h25-46,51-54H,9-24,47-50H2,1-8H3. The Morgan fingerprint density at radius 2 is 0.590 bits per heavy atom. The van der Waals surface area contributed by atoms with Gasteiger partial charge in [-0.3, -0.25) is 0 Å². The summed E-state index contributed by atoms with van der Waals surface area (Å²) in [6.07, 6.45) is 19.2. The molecular weight excluding hydrogens is 993 g/mol. The van der Waals surface area contributed by atoms with Gasteiger partial charge in [0.25, 0.3) is 0 Å². The molecule has 2 heterocycles. The van der Waals surface area contributed by atoms with Gasteiger partial charge in [-0.15, -0.1) is 22.7 Å². The first-order valence-corrected chi connectivity index (χ1v) is 32.4. The Balaban J connectivity index is 1.18. The molecule has 4 atom stereocenters. The van der Waals surface area contributed by atoms with Crippen LogP contribution in [0.1, 0.15) is 201 Å². The molecule has 4 unspecified atom stereocenters. The Kier molecular flexibility index (Phi) is 20.0. The van der Waals surface area contributed by atoms with Crippen molar-refractivity contribution in [2.24, 2.45) is 23.7 Å². The summed E-state index contributed by atoms with van der Waals surface area (Å²) in [7, 11) is 0. The summed E-state index contributed by atoms with van der Waals surface area (Å²) >= 11 is 3.76. The average Bonchev–Trinajstić information content (AvgIpc) is 4.32. The first-order chi connectivity index (χ1) is 38.3. The van der Waals surface area contributed by atoms with Gasteiger partial charge in [-0.2, -0.15) is 0 Å². The first-order valence-electron chi connectivity index (χ1n) is 30.6. The Morgan fingerprint density at radius 3 is 0.821 bits per heavy atom. The highest BCUT2D eigenvalue weighted by Crippen LogP contribution is 2.64. The molecule has 2 aliphatic carbocycles. The van der Waals surface area contributed by atoms with Crippen molar-refractivity contribution in [2.45, 2.75) is 169 Å². The van der Waals surface area contributed by atoms with Gasteiger partial charge in [0.05, 0.1) is 37.3 Å². The summed E-state index contributed by atoms with van der Waals surface area (Å²) in [4.78, 5) is 2.71. The van der Waals surface area contributed by atoms with Crippen molar-refractivity contribution in [1.29, 1.82) is 0 Å². The summed E-state index contributed by atoms with van der Waals surface area (Å²) in [6.45, 7) is 21.3. The maximum atomic E-state index is 6.60. The van der Waals surface area contributed by atoms with E-state index in [9.17, 15) is 0 Å². The minimum atomic E-state index is -0.578. The summed E-state index contributed by atoms with van der Waals surface area (Å²) in [5.41, 5.74) is 11.7. The molecule has 9 rings (SSSR count). The lowest BCUT2D eigenvalue weighted by molar-refractivity contribution is 0.233. The number of fused-ring (bicyclic) bond motifs is 6. The number of hydrogen-bond acceptors (Lipinski definition) is 6. The van der Waals surface area contributed by atoms with Gasteiger partial charge in [-0.05, 0) is 189 Å². The fourth-order valence-corrected chi connectivity index (χ4v) is 15.0. The molecule has 4 nitrogen and oxygen atoms in total. The van der Waals surface area contributed by atoms with Crippen molar-refractivity contribution in [3.8, 4) is 45.3 Å². The van der Waals surface area contributed by atoms with Crippen LogP contribution in [0.5, 0.6) is 23.0 Å². The summed E-state index contributed by atoms with van der Waals surface area (Å²) in [5.74, 6) is 5.97. The fraction of sp³-hybridized carbons (Fsp3) is 0.472. The van der Waals surface area contributed by atoms with Crippen LogP contribution in [-0.2, 0) is 10.8 Å². The number of thiophene rings is 2. The van der Waals surface area contributed by atoms with Gasteiger partial charge < -0.3 is 18.9 Å². The zero-order valence-electron chi connectivity index (χ0n) is 48.6. The molecule has 0 saturated heterocycles. The summed E-state index contributed by atoms with van der Waals surface area (Å²) in [5, 5.41) is 4.62. The van der Waals surface area contributed by atoms with Crippen LogP contribution >= 0.6 is 22.7 Å². The smallest absolute Gasteiger partial charge is 0.119 e. The summed E-state index contributed by atoms with van der Waals surface area (Å²) < 4.78 is 26.4. The van der Waals surface area contributed by atoms with Crippen LogP contribution in [0.15, 0.2) is 132 Å². The van der Waals surface area contributed by atoms with Crippen molar-refractivity contribution < 1.29 is 18.9 Å². The SMILES string of the molecule is CCCCC(CC)COc1ccc(C2(c3ccc(OCC(CC)CCCC)cc3)c3cc4c(cc3-c3ccsc32)C(c2ccc(OCC(CC)CCCC)cc2)(c2ccc(OCC(CC)CCCC)cc2)c2sccc2-4)cc1. The van der Waals surface area contributed by atoms with Crippen LogP contribution in [0.25, 0.3) is 22.3 Å². The molecule has 2 aromatic heterocycles. The van der Waals surface area contributed by atoms with Gasteiger partial charge in [0.1, 0.15) is 23.0 Å². The molecule has 0 spiro atoms. The Hall–Kier alpha value is -5.30. The Labute approximate surface area is 478 Å². The van der Waals surface area contributed by atoms with E-state index in [0.29, 0.717) is 23.7 Å². The minimum Gasteiger partial charge on any atom is -0.493 e. The lowest BCUT2D eigenvalue weighted by atomic mass is 9.68. The van der Waals surface area contributed by atoms with E-state index in [0.717, 1.165) is 75.1 Å². The largest absolute Gasteiger partial charge is 0.493 e. The zero-order chi connectivity index (χ0) is 54.5. The van der Waals surface area contributed by atoms with E-state index in [4.69, 9.17) is 18.9 Å². The molecule has 0 fully saturated rings. The Morgan fingerprint density at radius 1 is 0.333 bits per heavy atom. The van der Waals surface area contributed by atoms with E-state index in [-0.39, 0.29) is 0 Å². The number of rotatable bonds is 32. The molecule has 6 heteroatoms. The third kappa shape index (κ3) is 11.8. The summed E-state index contributed by atoms with van der Waals surface area (Å²) in [6, 6.07) is 46.6. The van der Waals surface area contributed by atoms with E-state index in [1.807, 2.05) is 22.7 Å². The highest BCUT2D eigenvalue weighted by Gasteiger charge is 2.52. The van der Waals surface area contributed by atoms with Crippen molar-refractivity contribution >= 4 is 22.7 Å². The maximum Gasteiger partial charge on any atom is 0.119 e. The van der Waals surface area contributed by atoms with E-state index in [1.54, 1.807) is 0 Å². The van der Waals surface area contributed by atoms with Gasteiger partial charge in [-0.1, -0.05) is 181 Å². The third-order valence-corrected chi connectivity index (χ3v) is 19.9. The van der Waals surface area contributed by atoms with Crippen LogP contribution in [0, 0.1) is 23.7 Å². The van der Waals surface area contributed by atoms with Crippen molar-refractivity contribution in [3.05, 3.63) is 175 Å². The van der Waals surface area contributed by atoms with Crippen LogP contribution in [0.4, 0.5) is 0 Å². The molecular formula is C72H90O4S2. The number of unbranched alkanes of at least 4 members (excludes halogenated alkanes) is 4. The molecule has 0 radical (unpaired) electrons. The van der Waals surface area contributed by atoms with E-state index >= 15 is 0 Å². The van der Waals surface area contributed by atoms with Gasteiger partial charge in [-0.25, -0.2) is 0 Å². The van der Waals surface area contributed by atoms with Crippen molar-refractivity contribution in [3.63, 3.8) is 0 Å². The van der Waals surface area contributed by atoms with Crippen molar-refractivity contribution in [2.75, 3.05) is 26.4 Å². The molecule has 0 amide bonds. The highest BCUT2D eigenvalue weighted by atomic mass is 32.1. The monoisotopic (exact) mass is 1080 g/mol. The molecule has 0 bridgehead atoms. The lowest BCUT2D eigenvalue weighted by Gasteiger charge is -2.35. The third-order valence-electron chi connectivity index (χ3n) is 17.8. The topological polar surface area (TPSA) is 36.9 Å². The quantitative estimate of drug-likeness (QED) is 0.0421. The maximum absolute atomic E-state index is 6.60. The second-order valence-electron chi connectivity index (χ2n) is 22.8. The highest BCUT2D eigenvalue weighted by molar-refractivity contribution is 7.11. The van der Waals surface area contributed by atoms with E-state index < -0.39 is 10.8 Å². The zero-order valence-corrected chi connectivity index (χ0v) is 50.2. The minimum absolute atomic E-state index is 0.558. The molecule has 7 aromatic rings. The Bertz CT molecular complexity index is 2600. The van der Waals surface area contributed by atoms with Gasteiger partial charge in [0.2, 0.25) is 0 Å². The normalized spacial score (nSPS) is 17.6. The van der Waals surface area contributed by atoms with Crippen LogP contribution in [-0.4, -0.2) is 26.4 Å². The number of ether oxygens (including phenoxy) is 4. The number of benzene rings is 5. The fourth-order valence-electron chi connectivity index (χ4n) is 12.7. The predicted molar refractivity (Wildman–Crippen MR) is 332 cm³/mol. The van der Waals surface area contributed by atoms with Gasteiger partial charge >= 0.3 is 0 Å². The van der Waals surface area contributed by atoms with E-state index in [2.05, 4.69) is 187 Å². The van der Waals surface area contributed by atoms with E-state index in [1.165, 1.54) is 142 Å². The lowest BCUT2D eigenvalue weighted by Crippen LogP contribution is -2.29. The number of hydrogen-bond donors (Lipinski definition) is 0. The van der Waals surface area contributed by atoms with Gasteiger partial charge in [0, 0.05) is 9.75 Å². The van der Waals surface area contributed by atoms with Crippen LogP contribution in [0.3, 0.4) is 0 Å². The van der Waals surface area contributed by atoms with Crippen LogP contribution in [0.2, 0.25) is 0 Å². The molecule has 414 valence electrons. The second kappa shape index (κ2) is 27.2. The van der Waals surface area contributed by atoms with Crippen molar-refractivity contribution in [1.82, 2.24) is 0 Å². The molecule has 0 N–H and O–H groups in total. The molecule has 0 aliphatic heterocycles. The van der Waals surface area contributed by atoms with Crippen LogP contribution < -0.4 is 18.9 Å². The van der Waals surface area contributed by atoms with Gasteiger partial charge in [0.15, 0.2) is 0 Å². The molecule has 78 heavy (non-hydrogen) atoms. The average molecular weight is 1080 g/mol. The second-order valence-corrected chi connectivity index (χ2v) is 24.6.